The van der Waals surface area contributed by atoms with Crippen molar-refractivity contribution in [3.8, 4) is 0 Å². The lowest BCUT2D eigenvalue weighted by molar-refractivity contribution is 0.393. The van der Waals surface area contributed by atoms with Gasteiger partial charge >= 0.3 is 0 Å². The lowest BCUT2D eigenvalue weighted by Crippen LogP contribution is -2.36. The third-order valence-corrected chi connectivity index (χ3v) is 4.55. The van der Waals surface area contributed by atoms with Gasteiger partial charge in [0, 0.05) is 25.2 Å². The van der Waals surface area contributed by atoms with Crippen molar-refractivity contribution in [3.05, 3.63) is 22.8 Å². The van der Waals surface area contributed by atoms with Gasteiger partial charge in [0.15, 0.2) is 0 Å². The van der Waals surface area contributed by atoms with Crippen molar-refractivity contribution in [2.24, 2.45) is 5.92 Å². The number of nitrogens with one attached hydrogen (secondary N) is 1. The molecule has 1 fully saturated rings. The number of nitrogens with zero attached hydrogens (tertiary/aromatic N) is 2. The van der Waals surface area contributed by atoms with E-state index in [1.165, 1.54) is 19.3 Å². The monoisotopic (exact) mass is 309 g/mol. The summed E-state index contributed by atoms with van der Waals surface area (Å²) in [6.07, 6.45) is 3.84. The van der Waals surface area contributed by atoms with Crippen LogP contribution in [-0.2, 0) is 6.54 Å². The summed E-state index contributed by atoms with van der Waals surface area (Å²) in [6.45, 7) is 11.7. The van der Waals surface area contributed by atoms with Crippen molar-refractivity contribution in [1.29, 1.82) is 0 Å². The lowest BCUT2D eigenvalue weighted by atomic mass is 9.94. The van der Waals surface area contributed by atoms with Crippen LogP contribution in [0.15, 0.2) is 12.1 Å². The molecule has 1 aromatic rings. The van der Waals surface area contributed by atoms with Gasteiger partial charge in [-0.3, -0.25) is 0 Å². The Morgan fingerprint density at radius 3 is 2.52 bits per heavy atom. The van der Waals surface area contributed by atoms with E-state index in [0.717, 1.165) is 35.5 Å². The molecule has 0 bridgehead atoms. The Morgan fingerprint density at radius 1 is 1.29 bits per heavy atom. The zero-order chi connectivity index (χ0) is 15.5. The van der Waals surface area contributed by atoms with Crippen LogP contribution < -0.4 is 10.2 Å². The molecular weight excluding hydrogens is 282 g/mol. The normalized spacial score (nSPS) is 17.3. The Morgan fingerprint density at radius 2 is 1.95 bits per heavy atom. The summed E-state index contributed by atoms with van der Waals surface area (Å²) in [5.41, 5.74) is 1.02. The molecule has 0 aromatic carbocycles. The van der Waals surface area contributed by atoms with Crippen molar-refractivity contribution in [1.82, 2.24) is 10.3 Å². The van der Waals surface area contributed by atoms with Crippen LogP contribution in [-0.4, -0.2) is 23.6 Å². The number of piperidine rings is 1. The first-order chi connectivity index (χ1) is 9.89. The molecule has 1 aromatic heterocycles. The third kappa shape index (κ3) is 4.86. The minimum absolute atomic E-state index is 0.0699. The molecule has 118 valence electrons. The fourth-order valence-corrected chi connectivity index (χ4v) is 2.86. The summed E-state index contributed by atoms with van der Waals surface area (Å²) in [5, 5.41) is 4.21. The lowest BCUT2D eigenvalue weighted by Gasteiger charge is -2.32. The molecule has 1 aliphatic rings. The SMILES string of the molecule is CCC1CCN(c2ccc(Cl)c(CNC(C)(C)C)n2)CC1. The number of pyridine rings is 1. The molecule has 0 amide bonds. The highest BCUT2D eigenvalue weighted by Gasteiger charge is 2.19. The van der Waals surface area contributed by atoms with Crippen LogP contribution in [0.1, 0.15) is 52.7 Å². The fraction of sp³-hybridized carbons (Fsp3) is 0.706. The van der Waals surface area contributed by atoms with Gasteiger partial charge in [0.1, 0.15) is 5.82 Å². The maximum Gasteiger partial charge on any atom is 0.128 e. The van der Waals surface area contributed by atoms with Crippen LogP contribution >= 0.6 is 11.6 Å². The van der Waals surface area contributed by atoms with E-state index in [1.54, 1.807) is 0 Å². The summed E-state index contributed by atoms with van der Waals surface area (Å²) >= 11 is 6.29. The second kappa shape index (κ2) is 6.97. The summed E-state index contributed by atoms with van der Waals surface area (Å²) in [5.74, 6) is 1.95. The maximum atomic E-state index is 6.29. The first-order valence-corrected chi connectivity index (χ1v) is 8.42. The Balaban J connectivity index is 2.04. The molecule has 2 rings (SSSR count). The van der Waals surface area contributed by atoms with Crippen LogP contribution in [0.4, 0.5) is 5.82 Å². The van der Waals surface area contributed by atoms with Gasteiger partial charge in [0.25, 0.3) is 0 Å². The number of rotatable bonds is 4. The summed E-state index contributed by atoms with van der Waals surface area (Å²) in [4.78, 5) is 7.17. The average molecular weight is 310 g/mol. The zero-order valence-corrected chi connectivity index (χ0v) is 14.5. The van der Waals surface area contributed by atoms with E-state index >= 15 is 0 Å². The van der Waals surface area contributed by atoms with Crippen molar-refractivity contribution in [3.63, 3.8) is 0 Å². The largest absolute Gasteiger partial charge is 0.357 e. The van der Waals surface area contributed by atoms with E-state index in [1.807, 2.05) is 6.07 Å². The molecule has 0 radical (unpaired) electrons. The van der Waals surface area contributed by atoms with Crippen molar-refractivity contribution in [2.75, 3.05) is 18.0 Å². The molecule has 0 saturated carbocycles. The van der Waals surface area contributed by atoms with E-state index in [9.17, 15) is 0 Å². The van der Waals surface area contributed by atoms with Crippen molar-refractivity contribution in [2.45, 2.75) is 59.0 Å². The van der Waals surface area contributed by atoms with Gasteiger partial charge in [-0.05, 0) is 51.7 Å². The zero-order valence-electron chi connectivity index (χ0n) is 13.7. The van der Waals surface area contributed by atoms with Gasteiger partial charge < -0.3 is 10.2 Å². The second-order valence-corrected chi connectivity index (χ2v) is 7.45. The van der Waals surface area contributed by atoms with Crippen molar-refractivity contribution < 1.29 is 0 Å². The van der Waals surface area contributed by atoms with Gasteiger partial charge in [0.05, 0.1) is 10.7 Å². The molecule has 1 N–H and O–H groups in total. The highest BCUT2D eigenvalue weighted by molar-refractivity contribution is 6.31. The number of hydrogen-bond donors (Lipinski definition) is 1. The molecule has 1 aliphatic heterocycles. The molecule has 0 unspecified atom stereocenters. The topological polar surface area (TPSA) is 28.2 Å². The molecule has 21 heavy (non-hydrogen) atoms. The number of aromatic nitrogens is 1. The number of anilines is 1. The predicted octanol–water partition coefficient (Wildman–Crippen LogP) is 4.25. The quantitative estimate of drug-likeness (QED) is 0.901. The highest BCUT2D eigenvalue weighted by Crippen LogP contribution is 2.26. The minimum atomic E-state index is 0.0699. The Hall–Kier alpha value is -0.800. The number of halogens is 1. The Bertz CT molecular complexity index is 460. The smallest absolute Gasteiger partial charge is 0.128 e. The summed E-state index contributed by atoms with van der Waals surface area (Å²) < 4.78 is 0. The summed E-state index contributed by atoms with van der Waals surface area (Å²) in [6, 6.07) is 4.03. The second-order valence-electron chi connectivity index (χ2n) is 7.04. The van der Waals surface area contributed by atoms with Crippen LogP contribution in [0.25, 0.3) is 0 Å². The van der Waals surface area contributed by atoms with Crippen LogP contribution in [0.3, 0.4) is 0 Å². The molecule has 2 heterocycles. The van der Waals surface area contributed by atoms with Gasteiger partial charge in [0.2, 0.25) is 0 Å². The Labute approximate surface area is 134 Å². The number of hydrogen-bond acceptors (Lipinski definition) is 3. The average Bonchev–Trinajstić information content (AvgIpc) is 2.46. The van der Waals surface area contributed by atoms with Gasteiger partial charge in [-0.25, -0.2) is 4.98 Å². The molecule has 4 heteroatoms. The molecule has 0 atom stereocenters. The van der Waals surface area contributed by atoms with E-state index in [2.05, 4.69) is 44.0 Å². The molecular formula is C17H28ClN3. The molecule has 0 aliphatic carbocycles. The van der Waals surface area contributed by atoms with Crippen LogP contribution in [0.5, 0.6) is 0 Å². The standard InChI is InChI=1S/C17H28ClN3/c1-5-13-8-10-21(11-9-13)16-7-6-14(18)15(20-16)12-19-17(2,3)4/h6-7,13,19H,5,8-12H2,1-4H3. The van der Waals surface area contributed by atoms with Gasteiger partial charge in [-0.1, -0.05) is 24.9 Å². The van der Waals surface area contributed by atoms with Crippen LogP contribution in [0.2, 0.25) is 5.02 Å². The maximum absolute atomic E-state index is 6.29. The molecule has 3 nitrogen and oxygen atoms in total. The van der Waals surface area contributed by atoms with E-state index < -0.39 is 0 Å². The summed E-state index contributed by atoms with van der Waals surface area (Å²) in [7, 11) is 0. The van der Waals surface area contributed by atoms with Crippen molar-refractivity contribution >= 4 is 17.4 Å². The van der Waals surface area contributed by atoms with E-state index in [-0.39, 0.29) is 5.54 Å². The Kier molecular flexibility index (Phi) is 5.50. The fourth-order valence-electron chi connectivity index (χ4n) is 2.69. The third-order valence-electron chi connectivity index (χ3n) is 4.21. The first kappa shape index (κ1) is 16.6. The van der Waals surface area contributed by atoms with E-state index in [0.29, 0.717) is 6.54 Å². The van der Waals surface area contributed by atoms with Gasteiger partial charge in [-0.2, -0.15) is 0 Å². The molecule has 1 saturated heterocycles. The van der Waals surface area contributed by atoms with Gasteiger partial charge in [-0.15, -0.1) is 0 Å². The minimum Gasteiger partial charge on any atom is -0.357 e. The van der Waals surface area contributed by atoms with E-state index in [4.69, 9.17) is 16.6 Å². The predicted molar refractivity (Wildman–Crippen MR) is 91.1 cm³/mol. The highest BCUT2D eigenvalue weighted by atomic mass is 35.5. The molecule has 0 spiro atoms. The van der Waals surface area contributed by atoms with Crippen LogP contribution in [0, 0.1) is 5.92 Å². The first-order valence-electron chi connectivity index (χ1n) is 8.04.